The van der Waals surface area contributed by atoms with Gasteiger partial charge in [0.2, 0.25) is 0 Å². The summed E-state index contributed by atoms with van der Waals surface area (Å²) in [4.78, 5) is 44.1. The van der Waals surface area contributed by atoms with Crippen molar-refractivity contribution in [2.24, 2.45) is 17.3 Å². The quantitative estimate of drug-likeness (QED) is 0.493. The van der Waals surface area contributed by atoms with Crippen LogP contribution in [0.15, 0.2) is 0 Å². The maximum atomic E-state index is 11.2. The molecule has 0 radical (unpaired) electrons. The lowest BCUT2D eigenvalue weighted by molar-refractivity contribution is -0.178. The zero-order valence-corrected chi connectivity index (χ0v) is 9.20. The van der Waals surface area contributed by atoms with Crippen molar-refractivity contribution in [3.8, 4) is 0 Å². The monoisotopic (exact) mass is 260 g/mol. The Labute approximate surface area is 101 Å². The van der Waals surface area contributed by atoms with Crippen LogP contribution < -0.4 is 0 Å². The van der Waals surface area contributed by atoms with E-state index < -0.39 is 47.5 Å². The third-order valence-corrected chi connectivity index (χ3v) is 3.42. The minimum Gasteiger partial charge on any atom is -0.481 e. The molecule has 0 spiro atoms. The zero-order chi connectivity index (χ0) is 14.1. The molecule has 0 heterocycles. The van der Waals surface area contributed by atoms with Crippen LogP contribution in [0, 0.1) is 17.3 Å². The van der Waals surface area contributed by atoms with Gasteiger partial charge >= 0.3 is 23.9 Å². The van der Waals surface area contributed by atoms with E-state index in [2.05, 4.69) is 0 Å². The molecule has 0 amide bonds. The van der Waals surface area contributed by atoms with E-state index in [1.165, 1.54) is 0 Å². The van der Waals surface area contributed by atoms with Crippen molar-refractivity contribution in [2.45, 2.75) is 19.3 Å². The van der Waals surface area contributed by atoms with Gasteiger partial charge in [-0.15, -0.1) is 0 Å². The van der Waals surface area contributed by atoms with Gasteiger partial charge < -0.3 is 20.4 Å². The van der Waals surface area contributed by atoms with Crippen LogP contribution >= 0.6 is 0 Å². The molecule has 0 bridgehead atoms. The van der Waals surface area contributed by atoms with E-state index in [4.69, 9.17) is 20.4 Å². The molecule has 100 valence electrons. The Morgan fingerprint density at radius 3 is 1.78 bits per heavy atom. The molecule has 1 aliphatic carbocycles. The third-order valence-electron chi connectivity index (χ3n) is 3.42. The minimum absolute atomic E-state index is 0.0537. The van der Waals surface area contributed by atoms with E-state index in [0.717, 1.165) is 0 Å². The topological polar surface area (TPSA) is 149 Å². The lowest BCUT2D eigenvalue weighted by Gasteiger charge is -2.29. The number of hydrogen-bond donors (Lipinski definition) is 4. The number of hydrogen-bond acceptors (Lipinski definition) is 4. The number of rotatable bonds is 5. The highest BCUT2D eigenvalue weighted by molar-refractivity contribution is 6.03. The Bertz CT molecular complexity index is 398. The van der Waals surface area contributed by atoms with Gasteiger partial charge in [-0.2, -0.15) is 0 Å². The molecular weight excluding hydrogens is 248 g/mol. The lowest BCUT2D eigenvalue weighted by Crippen LogP contribution is -2.50. The van der Waals surface area contributed by atoms with Crippen LogP contribution in [0.4, 0.5) is 0 Å². The predicted molar refractivity (Wildman–Crippen MR) is 53.8 cm³/mol. The molecule has 4 N–H and O–H groups in total. The summed E-state index contributed by atoms with van der Waals surface area (Å²) in [5.74, 6) is -9.33. The highest BCUT2D eigenvalue weighted by Crippen LogP contribution is 2.50. The molecule has 1 aliphatic rings. The van der Waals surface area contributed by atoms with Crippen LogP contribution in [0.5, 0.6) is 0 Å². The predicted octanol–water partition coefficient (Wildman–Crippen LogP) is -0.272. The highest BCUT2D eigenvalue weighted by atomic mass is 16.4. The summed E-state index contributed by atoms with van der Waals surface area (Å²) < 4.78 is 0. The standard InChI is InChI=1S/C10H12O8/c11-6(12)3-4-1-2-5(7(13)14)10(4,8(15)16)9(17)18/h4-5H,1-3H2,(H,11,12)(H,13,14)(H,15,16)(H,17,18). The maximum Gasteiger partial charge on any atom is 0.322 e. The Balaban J connectivity index is 3.30. The van der Waals surface area contributed by atoms with Gasteiger partial charge in [-0.1, -0.05) is 0 Å². The molecule has 18 heavy (non-hydrogen) atoms. The third kappa shape index (κ3) is 1.89. The van der Waals surface area contributed by atoms with Crippen molar-refractivity contribution in [1.29, 1.82) is 0 Å². The van der Waals surface area contributed by atoms with Gasteiger partial charge in [0, 0.05) is 6.42 Å². The first-order valence-electron chi connectivity index (χ1n) is 5.16. The van der Waals surface area contributed by atoms with Crippen LogP contribution in [0.3, 0.4) is 0 Å². The summed E-state index contributed by atoms with van der Waals surface area (Å²) in [6, 6.07) is 0. The molecule has 0 aromatic carbocycles. The van der Waals surface area contributed by atoms with Crippen molar-refractivity contribution >= 4 is 23.9 Å². The second-order valence-corrected chi connectivity index (χ2v) is 4.24. The molecular formula is C10H12O8. The molecule has 0 aromatic rings. The summed E-state index contributed by atoms with van der Waals surface area (Å²) in [7, 11) is 0. The van der Waals surface area contributed by atoms with Crippen molar-refractivity contribution in [2.75, 3.05) is 0 Å². The van der Waals surface area contributed by atoms with Crippen molar-refractivity contribution in [1.82, 2.24) is 0 Å². The number of aliphatic carboxylic acids is 4. The first-order chi connectivity index (χ1) is 8.24. The van der Waals surface area contributed by atoms with Crippen molar-refractivity contribution < 1.29 is 39.6 Å². The molecule has 1 rings (SSSR count). The fourth-order valence-corrected chi connectivity index (χ4v) is 2.64. The smallest absolute Gasteiger partial charge is 0.322 e. The van der Waals surface area contributed by atoms with Gasteiger partial charge in [-0.25, -0.2) is 0 Å². The number of carboxylic acid groups (broad SMARTS) is 4. The average molecular weight is 260 g/mol. The van der Waals surface area contributed by atoms with Gasteiger partial charge in [0.1, 0.15) is 0 Å². The summed E-state index contributed by atoms with van der Waals surface area (Å²) in [6.07, 6.45) is -0.893. The first-order valence-corrected chi connectivity index (χ1v) is 5.16. The van der Waals surface area contributed by atoms with Crippen LogP contribution in [-0.4, -0.2) is 44.3 Å². The SMILES string of the molecule is O=C(O)CC1CCC(C(=O)O)C1(C(=O)O)C(=O)O. The van der Waals surface area contributed by atoms with Crippen LogP contribution in [0.25, 0.3) is 0 Å². The Morgan fingerprint density at radius 1 is 0.944 bits per heavy atom. The average Bonchev–Trinajstić information content (AvgIpc) is 2.56. The Morgan fingerprint density at radius 2 is 1.44 bits per heavy atom. The second-order valence-electron chi connectivity index (χ2n) is 4.24. The number of carboxylic acids is 4. The molecule has 2 unspecified atom stereocenters. The van der Waals surface area contributed by atoms with Crippen molar-refractivity contribution in [3.05, 3.63) is 0 Å². The van der Waals surface area contributed by atoms with Gasteiger partial charge in [-0.05, 0) is 18.8 Å². The largest absolute Gasteiger partial charge is 0.481 e. The minimum atomic E-state index is -2.57. The summed E-state index contributed by atoms with van der Waals surface area (Å²) in [6.45, 7) is 0. The molecule has 1 fully saturated rings. The second kappa shape index (κ2) is 4.63. The Hall–Kier alpha value is -2.12. The Kier molecular flexibility index (Phi) is 3.59. The van der Waals surface area contributed by atoms with E-state index in [9.17, 15) is 19.2 Å². The normalized spacial score (nSPS) is 25.6. The fraction of sp³-hybridized carbons (Fsp3) is 0.600. The van der Waals surface area contributed by atoms with E-state index in [1.807, 2.05) is 0 Å². The van der Waals surface area contributed by atoms with E-state index >= 15 is 0 Å². The van der Waals surface area contributed by atoms with Crippen LogP contribution in [-0.2, 0) is 19.2 Å². The van der Waals surface area contributed by atoms with Crippen LogP contribution in [0.1, 0.15) is 19.3 Å². The summed E-state index contributed by atoms with van der Waals surface area (Å²) in [5.41, 5.74) is -2.57. The number of carbonyl (C=O) groups is 4. The first kappa shape index (κ1) is 13.9. The molecule has 8 heteroatoms. The fourth-order valence-electron chi connectivity index (χ4n) is 2.64. The van der Waals surface area contributed by atoms with Crippen LogP contribution in [0.2, 0.25) is 0 Å². The zero-order valence-electron chi connectivity index (χ0n) is 9.20. The summed E-state index contributed by atoms with van der Waals surface area (Å²) in [5, 5.41) is 35.8. The van der Waals surface area contributed by atoms with Gasteiger partial charge in [0.15, 0.2) is 5.41 Å². The molecule has 1 saturated carbocycles. The van der Waals surface area contributed by atoms with Gasteiger partial charge in [0.05, 0.1) is 5.92 Å². The van der Waals surface area contributed by atoms with Crippen molar-refractivity contribution in [3.63, 3.8) is 0 Å². The molecule has 2 atom stereocenters. The lowest BCUT2D eigenvalue weighted by atomic mass is 9.70. The van der Waals surface area contributed by atoms with E-state index in [1.54, 1.807) is 0 Å². The van der Waals surface area contributed by atoms with E-state index in [0.29, 0.717) is 0 Å². The van der Waals surface area contributed by atoms with Gasteiger partial charge in [-0.3, -0.25) is 19.2 Å². The molecule has 0 aliphatic heterocycles. The summed E-state index contributed by atoms with van der Waals surface area (Å²) >= 11 is 0. The highest BCUT2D eigenvalue weighted by Gasteiger charge is 2.64. The molecule has 0 saturated heterocycles. The van der Waals surface area contributed by atoms with Gasteiger partial charge in [0.25, 0.3) is 0 Å². The van der Waals surface area contributed by atoms with E-state index in [-0.39, 0.29) is 12.8 Å². The molecule has 8 nitrogen and oxygen atoms in total. The maximum absolute atomic E-state index is 11.2. The molecule has 0 aromatic heterocycles.